The molecule has 246 valence electrons. The van der Waals surface area contributed by atoms with Gasteiger partial charge in [0.15, 0.2) is 0 Å². The molecule has 10 heteroatoms. The summed E-state index contributed by atoms with van der Waals surface area (Å²) in [6, 6.07) is 27.2. The summed E-state index contributed by atoms with van der Waals surface area (Å²) in [4.78, 5) is 30.3. The summed E-state index contributed by atoms with van der Waals surface area (Å²) in [5.41, 5.74) is 3.78. The van der Waals surface area contributed by atoms with Crippen LogP contribution in [0.4, 0.5) is 5.69 Å². The molecular weight excluding hydrogens is 653 g/mol. The van der Waals surface area contributed by atoms with Crippen LogP contribution in [0.5, 0.6) is 0 Å². The van der Waals surface area contributed by atoms with Crippen molar-refractivity contribution in [3.8, 4) is 0 Å². The Balaban J connectivity index is 1.58. The average Bonchev–Trinajstić information content (AvgIpc) is 3.55. The van der Waals surface area contributed by atoms with Gasteiger partial charge in [-0.2, -0.15) is 0 Å². The maximum Gasteiger partial charge on any atom is 0.264 e. The summed E-state index contributed by atoms with van der Waals surface area (Å²) in [7, 11) is -4.27. The number of carbonyl (C=O) groups excluding carboxylic acids is 2. The SMILES string of the molecule is Cc1ccc(CN(C(=O)CN(c2cc(Cl)cc(Cl)c2)S(=O)(=O)c2ccc(C)cc2)[C@@H](Cc2ccccc2)C(=O)NC2CCCC2)cc1. The van der Waals surface area contributed by atoms with Gasteiger partial charge in [-0.05, 0) is 68.1 Å². The molecule has 0 heterocycles. The molecule has 2 amide bonds. The van der Waals surface area contributed by atoms with E-state index < -0.39 is 28.5 Å². The zero-order chi connectivity index (χ0) is 33.6. The highest BCUT2D eigenvalue weighted by Gasteiger charge is 2.35. The normalized spacial score (nSPS) is 14.0. The molecule has 7 nitrogen and oxygen atoms in total. The molecule has 1 aliphatic rings. The highest BCUT2D eigenvalue weighted by atomic mass is 35.5. The Kier molecular flexibility index (Phi) is 11.3. The van der Waals surface area contributed by atoms with Crippen LogP contribution in [0.15, 0.2) is 102 Å². The Labute approximate surface area is 287 Å². The van der Waals surface area contributed by atoms with E-state index in [1.165, 1.54) is 35.2 Å². The summed E-state index contributed by atoms with van der Waals surface area (Å²) < 4.78 is 29.5. The van der Waals surface area contributed by atoms with Crippen LogP contribution in [0.2, 0.25) is 10.0 Å². The maximum absolute atomic E-state index is 14.6. The van der Waals surface area contributed by atoms with Gasteiger partial charge in [-0.1, -0.05) is 114 Å². The summed E-state index contributed by atoms with van der Waals surface area (Å²) in [5.74, 6) is -0.806. The van der Waals surface area contributed by atoms with Gasteiger partial charge in [0, 0.05) is 29.1 Å². The molecule has 0 radical (unpaired) electrons. The molecule has 1 fully saturated rings. The van der Waals surface area contributed by atoms with Crippen molar-refractivity contribution in [2.24, 2.45) is 0 Å². The van der Waals surface area contributed by atoms with Crippen molar-refractivity contribution in [1.29, 1.82) is 0 Å². The predicted octanol–water partition coefficient (Wildman–Crippen LogP) is 7.50. The summed E-state index contributed by atoms with van der Waals surface area (Å²) in [6.45, 7) is 3.36. The Morgan fingerprint density at radius 1 is 0.809 bits per heavy atom. The first kappa shape index (κ1) is 34.5. The van der Waals surface area contributed by atoms with Crippen molar-refractivity contribution in [3.63, 3.8) is 0 Å². The minimum Gasteiger partial charge on any atom is -0.352 e. The van der Waals surface area contributed by atoms with Crippen molar-refractivity contribution in [2.75, 3.05) is 10.8 Å². The number of amides is 2. The lowest BCUT2D eigenvalue weighted by atomic mass is 10.0. The molecule has 1 aliphatic carbocycles. The van der Waals surface area contributed by atoms with Gasteiger partial charge >= 0.3 is 0 Å². The minimum absolute atomic E-state index is 0.0110. The first-order valence-electron chi connectivity index (χ1n) is 15.7. The van der Waals surface area contributed by atoms with E-state index in [1.54, 1.807) is 12.1 Å². The van der Waals surface area contributed by atoms with Crippen LogP contribution in [0.3, 0.4) is 0 Å². The molecule has 4 aromatic carbocycles. The van der Waals surface area contributed by atoms with Crippen molar-refractivity contribution in [2.45, 2.75) is 69.5 Å². The third-order valence-corrected chi connectivity index (χ3v) is 10.7. The zero-order valence-electron chi connectivity index (χ0n) is 26.5. The molecule has 0 saturated heterocycles. The van der Waals surface area contributed by atoms with Crippen LogP contribution in [-0.4, -0.2) is 43.8 Å². The molecule has 4 aromatic rings. The monoisotopic (exact) mass is 691 g/mol. The maximum atomic E-state index is 14.6. The van der Waals surface area contributed by atoms with Crippen LogP contribution in [0.1, 0.15) is 47.9 Å². The number of rotatable bonds is 12. The van der Waals surface area contributed by atoms with Gasteiger partial charge in [0.05, 0.1) is 10.6 Å². The average molecular weight is 693 g/mol. The Bertz CT molecular complexity index is 1770. The molecule has 47 heavy (non-hydrogen) atoms. The molecule has 0 aromatic heterocycles. The Morgan fingerprint density at radius 3 is 1.98 bits per heavy atom. The van der Waals surface area contributed by atoms with Gasteiger partial charge in [-0.15, -0.1) is 0 Å². The Hall–Kier alpha value is -3.85. The fourth-order valence-electron chi connectivity index (χ4n) is 5.86. The van der Waals surface area contributed by atoms with Crippen LogP contribution >= 0.6 is 23.2 Å². The standard InChI is InChI=1S/C37H39Cl2N3O4S/c1-26-12-16-29(17-13-26)24-41(35(20-28-8-4-3-5-9-28)37(44)40-32-10-6-7-11-32)36(43)25-42(33-22-30(38)21-31(39)23-33)47(45,46)34-18-14-27(2)15-19-34/h3-5,8-9,12-19,21-23,32,35H,6-7,10-11,20,24-25H2,1-2H3,(H,40,44)/t35-/m0/s1. The number of hydrogen-bond acceptors (Lipinski definition) is 4. The lowest BCUT2D eigenvalue weighted by Gasteiger charge is -2.34. The summed E-state index contributed by atoms with van der Waals surface area (Å²) in [6.07, 6.45) is 4.09. The molecule has 0 aliphatic heterocycles. The molecule has 5 rings (SSSR count). The topological polar surface area (TPSA) is 86.8 Å². The summed E-state index contributed by atoms with van der Waals surface area (Å²) in [5, 5.41) is 3.63. The fourth-order valence-corrected chi connectivity index (χ4v) is 7.77. The van der Waals surface area contributed by atoms with E-state index in [0.717, 1.165) is 52.2 Å². The largest absolute Gasteiger partial charge is 0.352 e. The van der Waals surface area contributed by atoms with E-state index in [2.05, 4.69) is 5.32 Å². The highest BCUT2D eigenvalue weighted by Crippen LogP contribution is 2.30. The lowest BCUT2D eigenvalue weighted by molar-refractivity contribution is -0.140. The van der Waals surface area contributed by atoms with E-state index in [4.69, 9.17) is 23.2 Å². The van der Waals surface area contributed by atoms with E-state index >= 15 is 0 Å². The van der Waals surface area contributed by atoms with E-state index in [9.17, 15) is 18.0 Å². The number of benzene rings is 4. The number of aryl methyl sites for hydroxylation is 2. The molecule has 0 bridgehead atoms. The second-order valence-corrected chi connectivity index (χ2v) is 14.9. The van der Waals surface area contributed by atoms with Gasteiger partial charge in [0.1, 0.15) is 12.6 Å². The molecular formula is C37H39Cl2N3O4S. The van der Waals surface area contributed by atoms with Crippen LogP contribution in [0, 0.1) is 13.8 Å². The molecule has 1 atom stereocenters. The number of carbonyl (C=O) groups is 2. The van der Waals surface area contributed by atoms with Crippen LogP contribution in [-0.2, 0) is 32.6 Å². The number of nitrogens with zero attached hydrogens (tertiary/aromatic N) is 2. The van der Waals surface area contributed by atoms with Crippen LogP contribution < -0.4 is 9.62 Å². The van der Waals surface area contributed by atoms with Crippen molar-refractivity contribution in [1.82, 2.24) is 10.2 Å². The second kappa shape index (κ2) is 15.4. The van der Waals surface area contributed by atoms with E-state index in [1.807, 2.05) is 68.4 Å². The number of halogens is 2. The third-order valence-electron chi connectivity index (χ3n) is 8.47. The minimum atomic E-state index is -4.27. The molecule has 0 spiro atoms. The Morgan fingerprint density at radius 2 is 1.38 bits per heavy atom. The van der Waals surface area contributed by atoms with Gasteiger partial charge in [0.2, 0.25) is 11.8 Å². The molecule has 1 saturated carbocycles. The zero-order valence-corrected chi connectivity index (χ0v) is 28.9. The van der Waals surface area contributed by atoms with Crippen molar-refractivity contribution < 1.29 is 18.0 Å². The molecule has 0 unspecified atom stereocenters. The smallest absolute Gasteiger partial charge is 0.264 e. The highest BCUT2D eigenvalue weighted by molar-refractivity contribution is 7.92. The third kappa shape index (κ3) is 8.95. The number of sulfonamides is 1. The van der Waals surface area contributed by atoms with E-state index in [0.29, 0.717) is 0 Å². The van der Waals surface area contributed by atoms with Gasteiger partial charge in [-0.3, -0.25) is 13.9 Å². The second-order valence-electron chi connectivity index (χ2n) is 12.2. The fraction of sp³-hybridized carbons (Fsp3) is 0.297. The van der Waals surface area contributed by atoms with Gasteiger partial charge in [-0.25, -0.2) is 8.42 Å². The molecule has 1 N–H and O–H groups in total. The quantitative estimate of drug-likeness (QED) is 0.167. The first-order valence-corrected chi connectivity index (χ1v) is 17.9. The predicted molar refractivity (Wildman–Crippen MR) is 188 cm³/mol. The first-order chi connectivity index (χ1) is 22.5. The lowest BCUT2D eigenvalue weighted by Crippen LogP contribution is -2.54. The number of hydrogen-bond donors (Lipinski definition) is 1. The van der Waals surface area contributed by atoms with Gasteiger partial charge in [0.25, 0.3) is 10.0 Å². The van der Waals surface area contributed by atoms with Crippen molar-refractivity contribution in [3.05, 3.63) is 129 Å². The number of nitrogens with one attached hydrogen (secondary N) is 1. The van der Waals surface area contributed by atoms with Crippen molar-refractivity contribution >= 4 is 50.7 Å². The van der Waals surface area contributed by atoms with Gasteiger partial charge < -0.3 is 10.2 Å². The number of anilines is 1. The van der Waals surface area contributed by atoms with E-state index in [-0.39, 0.29) is 45.5 Å². The summed E-state index contributed by atoms with van der Waals surface area (Å²) >= 11 is 12.7. The van der Waals surface area contributed by atoms with Crippen LogP contribution in [0.25, 0.3) is 0 Å².